The number of hydrogen-bond acceptors (Lipinski definition) is 5. The molecule has 1 aliphatic carbocycles. The van der Waals surface area contributed by atoms with Gasteiger partial charge in [0.1, 0.15) is 5.76 Å². The molecule has 1 aromatic rings. The van der Waals surface area contributed by atoms with Crippen LogP contribution in [0.15, 0.2) is 53.1 Å². The molecule has 1 aromatic carbocycles. The third kappa shape index (κ3) is 2.76. The Hall–Kier alpha value is -2.53. The van der Waals surface area contributed by atoms with Crippen LogP contribution in [0.2, 0.25) is 5.02 Å². The maximum atomic E-state index is 12.0. The summed E-state index contributed by atoms with van der Waals surface area (Å²) in [4.78, 5) is 23.7. The number of rotatable bonds is 3. The van der Waals surface area contributed by atoms with Crippen molar-refractivity contribution in [1.82, 2.24) is 0 Å². The lowest BCUT2D eigenvalue weighted by Gasteiger charge is -2.10. The molecule has 0 radical (unpaired) electrons. The van der Waals surface area contributed by atoms with Gasteiger partial charge in [0.2, 0.25) is 0 Å². The Morgan fingerprint density at radius 3 is 2.27 bits per heavy atom. The fraction of sp³-hybridized carbons (Fsp3) is 0.125. The van der Waals surface area contributed by atoms with Crippen molar-refractivity contribution < 1.29 is 24.2 Å². The summed E-state index contributed by atoms with van der Waals surface area (Å²) in [6.45, 7) is 0. The first-order valence-electron chi connectivity index (χ1n) is 6.28. The quantitative estimate of drug-likeness (QED) is 0.685. The Balaban J connectivity index is 2.65. The summed E-state index contributed by atoms with van der Waals surface area (Å²) < 4.78 is 9.31. The Kier molecular flexibility index (Phi) is 4.68. The van der Waals surface area contributed by atoms with Crippen LogP contribution < -0.4 is 0 Å². The normalized spacial score (nSPS) is 15.8. The van der Waals surface area contributed by atoms with Crippen molar-refractivity contribution in [3.05, 3.63) is 63.7 Å². The SMILES string of the molecule is COC(=O)C1=C(C(=O)OC)/C(=C(\O)c2ccccc2Cl)C=C1. The molecule has 0 heterocycles. The lowest BCUT2D eigenvalue weighted by Crippen LogP contribution is -2.13. The van der Waals surface area contributed by atoms with Crippen LogP contribution in [0.3, 0.4) is 0 Å². The second kappa shape index (κ2) is 6.49. The van der Waals surface area contributed by atoms with Crippen LogP contribution in [-0.2, 0) is 19.1 Å². The van der Waals surface area contributed by atoms with E-state index in [1.807, 2.05) is 0 Å². The van der Waals surface area contributed by atoms with Crippen LogP contribution in [-0.4, -0.2) is 31.3 Å². The zero-order valence-corrected chi connectivity index (χ0v) is 12.7. The molecule has 0 bridgehead atoms. The second-order valence-corrected chi connectivity index (χ2v) is 4.75. The van der Waals surface area contributed by atoms with Crippen molar-refractivity contribution in [2.24, 2.45) is 0 Å². The summed E-state index contributed by atoms with van der Waals surface area (Å²) in [5.74, 6) is -1.67. The molecule has 114 valence electrons. The van der Waals surface area contributed by atoms with Crippen molar-refractivity contribution in [3.8, 4) is 0 Å². The predicted molar refractivity (Wildman–Crippen MR) is 81.2 cm³/mol. The van der Waals surface area contributed by atoms with Crippen LogP contribution in [0.4, 0.5) is 0 Å². The van der Waals surface area contributed by atoms with E-state index in [4.69, 9.17) is 11.6 Å². The molecule has 0 aromatic heterocycles. The van der Waals surface area contributed by atoms with Crippen molar-refractivity contribution in [1.29, 1.82) is 0 Å². The molecule has 0 fully saturated rings. The smallest absolute Gasteiger partial charge is 0.339 e. The first kappa shape index (κ1) is 15.9. The van der Waals surface area contributed by atoms with Gasteiger partial charge in [0.15, 0.2) is 0 Å². The van der Waals surface area contributed by atoms with Crippen molar-refractivity contribution >= 4 is 29.3 Å². The van der Waals surface area contributed by atoms with Crippen LogP contribution in [0.5, 0.6) is 0 Å². The summed E-state index contributed by atoms with van der Waals surface area (Å²) in [5, 5.41) is 10.8. The number of benzene rings is 1. The highest BCUT2D eigenvalue weighted by Gasteiger charge is 2.30. The first-order chi connectivity index (χ1) is 10.5. The van der Waals surface area contributed by atoms with E-state index in [0.29, 0.717) is 10.6 Å². The average Bonchev–Trinajstić information content (AvgIpc) is 2.98. The lowest BCUT2D eigenvalue weighted by atomic mass is 10.0. The van der Waals surface area contributed by atoms with Gasteiger partial charge in [-0.15, -0.1) is 0 Å². The van der Waals surface area contributed by atoms with E-state index >= 15 is 0 Å². The van der Waals surface area contributed by atoms with E-state index in [9.17, 15) is 14.7 Å². The fourth-order valence-electron chi connectivity index (χ4n) is 2.08. The van der Waals surface area contributed by atoms with Crippen LogP contribution in [0.1, 0.15) is 5.56 Å². The van der Waals surface area contributed by atoms with Gasteiger partial charge < -0.3 is 14.6 Å². The monoisotopic (exact) mass is 320 g/mol. The molecule has 0 aliphatic heterocycles. The minimum atomic E-state index is -0.751. The molecule has 2 rings (SSSR count). The molecule has 0 unspecified atom stereocenters. The van der Waals surface area contributed by atoms with E-state index in [-0.39, 0.29) is 22.5 Å². The highest BCUT2D eigenvalue weighted by molar-refractivity contribution is 6.32. The van der Waals surface area contributed by atoms with Crippen LogP contribution in [0.25, 0.3) is 5.76 Å². The van der Waals surface area contributed by atoms with Gasteiger partial charge in [0.05, 0.1) is 30.4 Å². The molecule has 5 nitrogen and oxygen atoms in total. The summed E-state index contributed by atoms with van der Waals surface area (Å²) in [5.41, 5.74) is 0.450. The van der Waals surface area contributed by atoms with Gasteiger partial charge in [-0.05, 0) is 24.3 Å². The minimum Gasteiger partial charge on any atom is -0.507 e. The largest absolute Gasteiger partial charge is 0.507 e. The molecule has 0 spiro atoms. The topological polar surface area (TPSA) is 72.8 Å². The number of aliphatic hydroxyl groups is 1. The Morgan fingerprint density at radius 1 is 1.05 bits per heavy atom. The van der Waals surface area contributed by atoms with Crippen molar-refractivity contribution in [3.63, 3.8) is 0 Å². The van der Waals surface area contributed by atoms with Crippen molar-refractivity contribution in [2.45, 2.75) is 0 Å². The molecule has 6 heteroatoms. The van der Waals surface area contributed by atoms with Crippen LogP contribution in [0, 0.1) is 0 Å². The molecular weight excluding hydrogens is 308 g/mol. The standard InChI is InChI=1S/C16H13ClO5/c1-21-15(19)11-8-7-10(13(11)16(20)22-2)14(18)9-5-3-4-6-12(9)17/h3-8,18H,1-2H3/b14-10-. The molecule has 0 amide bonds. The first-order valence-corrected chi connectivity index (χ1v) is 6.66. The summed E-state index contributed by atoms with van der Waals surface area (Å²) >= 11 is 6.04. The third-order valence-corrected chi connectivity index (χ3v) is 3.46. The molecule has 0 saturated carbocycles. The number of halogens is 1. The maximum Gasteiger partial charge on any atom is 0.339 e. The number of ether oxygens (including phenoxy) is 2. The fourth-order valence-corrected chi connectivity index (χ4v) is 2.30. The predicted octanol–water partition coefficient (Wildman–Crippen LogP) is 2.82. The number of esters is 2. The van der Waals surface area contributed by atoms with Gasteiger partial charge >= 0.3 is 11.9 Å². The van der Waals surface area contributed by atoms with Crippen molar-refractivity contribution in [2.75, 3.05) is 14.2 Å². The zero-order chi connectivity index (χ0) is 16.3. The molecule has 1 aliphatic rings. The number of methoxy groups -OCH3 is 2. The van der Waals surface area contributed by atoms with Gasteiger partial charge in [-0.25, -0.2) is 9.59 Å². The number of carbonyl (C=O) groups is 2. The molecular formula is C16H13ClO5. The number of aliphatic hydroxyl groups excluding tert-OH is 1. The minimum absolute atomic E-state index is 0.0166. The van der Waals surface area contributed by atoms with Gasteiger partial charge in [-0.2, -0.15) is 0 Å². The average molecular weight is 321 g/mol. The highest BCUT2D eigenvalue weighted by atomic mass is 35.5. The summed E-state index contributed by atoms with van der Waals surface area (Å²) in [6.07, 6.45) is 2.83. The van der Waals surface area contributed by atoms with E-state index in [1.54, 1.807) is 24.3 Å². The van der Waals surface area contributed by atoms with E-state index in [0.717, 1.165) is 0 Å². The summed E-state index contributed by atoms with van der Waals surface area (Å²) in [6, 6.07) is 6.61. The van der Waals surface area contributed by atoms with Crippen LogP contribution >= 0.6 is 11.6 Å². The molecule has 0 atom stereocenters. The summed E-state index contributed by atoms with van der Waals surface area (Å²) in [7, 11) is 2.39. The second-order valence-electron chi connectivity index (χ2n) is 4.35. The highest BCUT2D eigenvalue weighted by Crippen LogP contribution is 2.34. The van der Waals surface area contributed by atoms with E-state index < -0.39 is 11.9 Å². The molecule has 22 heavy (non-hydrogen) atoms. The van der Waals surface area contributed by atoms with Gasteiger partial charge in [-0.3, -0.25) is 0 Å². The third-order valence-electron chi connectivity index (χ3n) is 3.13. The van der Waals surface area contributed by atoms with E-state index in [2.05, 4.69) is 9.47 Å². The Labute approximate surface area is 132 Å². The maximum absolute atomic E-state index is 12.0. The number of allylic oxidation sites excluding steroid dienone is 1. The number of hydrogen-bond donors (Lipinski definition) is 1. The Morgan fingerprint density at radius 2 is 1.68 bits per heavy atom. The lowest BCUT2D eigenvalue weighted by molar-refractivity contribution is -0.138. The number of carbonyl (C=O) groups excluding carboxylic acids is 2. The zero-order valence-electron chi connectivity index (χ0n) is 11.9. The molecule has 0 saturated heterocycles. The van der Waals surface area contributed by atoms with E-state index in [1.165, 1.54) is 26.4 Å². The van der Waals surface area contributed by atoms with Gasteiger partial charge in [0.25, 0.3) is 0 Å². The Bertz CT molecular complexity index is 728. The van der Waals surface area contributed by atoms with Gasteiger partial charge in [-0.1, -0.05) is 23.7 Å². The van der Waals surface area contributed by atoms with Gasteiger partial charge in [0, 0.05) is 11.1 Å². The molecule has 1 N–H and O–H groups in total.